The Bertz CT molecular complexity index is 1170. The summed E-state index contributed by atoms with van der Waals surface area (Å²) in [6.45, 7) is 4.10. The van der Waals surface area contributed by atoms with Crippen molar-refractivity contribution in [2.24, 2.45) is 0 Å². The number of ether oxygens (including phenoxy) is 3. The molecule has 1 heterocycles. The minimum atomic E-state index is -1.59. The highest BCUT2D eigenvalue weighted by atomic mass is 16.7. The molecule has 11 nitrogen and oxygen atoms in total. The van der Waals surface area contributed by atoms with Gasteiger partial charge in [0.1, 0.15) is 24.4 Å². The summed E-state index contributed by atoms with van der Waals surface area (Å²) in [6.07, 6.45) is 39.2. The van der Waals surface area contributed by atoms with Gasteiger partial charge in [0.25, 0.3) is 0 Å². The molecule has 1 amide bonds. The fraction of sp³-hybridized carbons (Fsp3) is 0.804. The number of amides is 1. The molecule has 0 radical (unpaired) electrons. The number of rotatable bonds is 41. The first-order valence-electron chi connectivity index (χ1n) is 24.9. The monoisotopic (exact) mass is 878 g/mol. The number of aliphatic hydroxyl groups excluding tert-OH is 5. The highest BCUT2D eigenvalue weighted by Gasteiger charge is 2.44. The maximum absolute atomic E-state index is 12.9. The van der Waals surface area contributed by atoms with Crippen LogP contribution in [0, 0.1) is 0 Å². The van der Waals surface area contributed by atoms with E-state index in [2.05, 4.69) is 55.6 Å². The van der Waals surface area contributed by atoms with Gasteiger partial charge in [0, 0.05) is 12.8 Å². The van der Waals surface area contributed by atoms with Crippen LogP contribution in [0.1, 0.15) is 200 Å². The Morgan fingerprint density at radius 2 is 1.10 bits per heavy atom. The Labute approximate surface area is 376 Å². The van der Waals surface area contributed by atoms with Crippen LogP contribution in [0.4, 0.5) is 0 Å². The van der Waals surface area contributed by atoms with Crippen LogP contribution < -0.4 is 5.32 Å². The summed E-state index contributed by atoms with van der Waals surface area (Å²) < 4.78 is 16.6. The van der Waals surface area contributed by atoms with Crippen molar-refractivity contribution in [3.63, 3.8) is 0 Å². The number of hydrogen-bond donors (Lipinski definition) is 6. The highest BCUT2D eigenvalue weighted by Crippen LogP contribution is 2.22. The molecule has 0 bridgehead atoms. The van der Waals surface area contributed by atoms with Gasteiger partial charge in [0.2, 0.25) is 5.91 Å². The number of esters is 1. The summed E-state index contributed by atoms with van der Waals surface area (Å²) >= 11 is 0. The number of carbonyl (C=O) groups excluding carboxylic acids is 2. The zero-order chi connectivity index (χ0) is 45.3. The maximum Gasteiger partial charge on any atom is 0.305 e. The molecule has 7 unspecified atom stereocenters. The largest absolute Gasteiger partial charge is 0.466 e. The molecule has 1 aliphatic heterocycles. The lowest BCUT2D eigenvalue weighted by molar-refractivity contribution is -0.302. The topological polar surface area (TPSA) is 175 Å². The number of aliphatic hydroxyl groups is 5. The molecule has 360 valence electrons. The zero-order valence-electron chi connectivity index (χ0n) is 39.1. The average molecular weight is 878 g/mol. The Morgan fingerprint density at radius 3 is 1.69 bits per heavy atom. The fourth-order valence-corrected chi connectivity index (χ4v) is 7.41. The van der Waals surface area contributed by atoms with E-state index in [9.17, 15) is 35.1 Å². The molecule has 0 saturated carbocycles. The summed E-state index contributed by atoms with van der Waals surface area (Å²) in [5.41, 5.74) is 0. The van der Waals surface area contributed by atoms with Gasteiger partial charge in [0.15, 0.2) is 6.29 Å². The Hall–Kier alpha value is -2.38. The molecule has 1 rings (SSSR count). The lowest BCUT2D eigenvalue weighted by Crippen LogP contribution is -2.60. The molecule has 62 heavy (non-hydrogen) atoms. The van der Waals surface area contributed by atoms with Crippen molar-refractivity contribution in [3.05, 3.63) is 48.6 Å². The van der Waals surface area contributed by atoms with Crippen molar-refractivity contribution >= 4 is 11.9 Å². The second-order valence-corrected chi connectivity index (χ2v) is 17.1. The van der Waals surface area contributed by atoms with Crippen LogP contribution in [0.25, 0.3) is 0 Å². The van der Waals surface area contributed by atoms with Crippen molar-refractivity contribution in [1.29, 1.82) is 0 Å². The molecule has 11 heteroatoms. The van der Waals surface area contributed by atoms with Gasteiger partial charge in [-0.05, 0) is 77.0 Å². The molecular weight excluding hydrogens is 787 g/mol. The van der Waals surface area contributed by atoms with Gasteiger partial charge in [0.05, 0.1) is 32.0 Å². The molecule has 1 fully saturated rings. The van der Waals surface area contributed by atoms with E-state index in [1.54, 1.807) is 6.08 Å². The minimum absolute atomic E-state index is 0.0383. The van der Waals surface area contributed by atoms with Gasteiger partial charge in [-0.15, -0.1) is 0 Å². The van der Waals surface area contributed by atoms with Crippen molar-refractivity contribution in [3.8, 4) is 0 Å². The highest BCUT2D eigenvalue weighted by molar-refractivity contribution is 5.76. The SMILES string of the molecule is CC/C=C/CC/C=C/CC/C=C/C(O)C(COC1OC(CO)C(O)C(O)C1O)NC(=O)CCCCC/C=C\CCCCCCCCOC(=O)CCCCCCCCCCCCC. The van der Waals surface area contributed by atoms with Crippen molar-refractivity contribution in [2.45, 2.75) is 243 Å². The lowest BCUT2D eigenvalue weighted by Gasteiger charge is -2.40. The molecule has 0 aromatic rings. The van der Waals surface area contributed by atoms with E-state index in [4.69, 9.17) is 14.2 Å². The van der Waals surface area contributed by atoms with Gasteiger partial charge in [-0.2, -0.15) is 0 Å². The van der Waals surface area contributed by atoms with Crippen LogP contribution in [0.3, 0.4) is 0 Å². The van der Waals surface area contributed by atoms with Crippen molar-refractivity contribution < 1.29 is 49.3 Å². The Balaban J connectivity index is 2.21. The van der Waals surface area contributed by atoms with Crippen LogP contribution in [0.15, 0.2) is 48.6 Å². The smallest absolute Gasteiger partial charge is 0.305 e. The molecule has 1 aliphatic rings. The first kappa shape index (κ1) is 57.6. The van der Waals surface area contributed by atoms with Crippen LogP contribution in [0.5, 0.6) is 0 Å². The van der Waals surface area contributed by atoms with Crippen LogP contribution >= 0.6 is 0 Å². The molecule has 7 atom stereocenters. The first-order valence-corrected chi connectivity index (χ1v) is 24.9. The van der Waals surface area contributed by atoms with E-state index in [1.807, 2.05) is 6.08 Å². The fourth-order valence-electron chi connectivity index (χ4n) is 7.41. The quantitative estimate of drug-likeness (QED) is 0.0197. The van der Waals surface area contributed by atoms with Gasteiger partial charge in [-0.3, -0.25) is 9.59 Å². The number of unbranched alkanes of at least 4 members (excludes halogenated alkanes) is 21. The van der Waals surface area contributed by atoms with Gasteiger partial charge >= 0.3 is 5.97 Å². The molecule has 1 saturated heterocycles. The summed E-state index contributed by atoms with van der Waals surface area (Å²) in [7, 11) is 0. The molecule has 6 N–H and O–H groups in total. The van der Waals surface area contributed by atoms with E-state index in [-0.39, 0.29) is 24.9 Å². The number of nitrogens with one attached hydrogen (secondary N) is 1. The molecule has 0 spiro atoms. The normalized spacial score (nSPS) is 20.5. The van der Waals surface area contributed by atoms with Crippen molar-refractivity contribution in [1.82, 2.24) is 5.32 Å². The Morgan fingerprint density at radius 1 is 0.597 bits per heavy atom. The number of hydrogen-bond acceptors (Lipinski definition) is 10. The second kappa shape index (κ2) is 41.3. The Kier molecular flexibility index (Phi) is 38.4. The van der Waals surface area contributed by atoms with Gasteiger partial charge < -0.3 is 45.1 Å². The van der Waals surface area contributed by atoms with Crippen LogP contribution in [-0.2, 0) is 23.8 Å². The number of carbonyl (C=O) groups is 2. The van der Waals surface area contributed by atoms with Crippen LogP contribution in [-0.4, -0.2) is 100 Å². The predicted octanol–water partition coefficient (Wildman–Crippen LogP) is 9.77. The second-order valence-electron chi connectivity index (χ2n) is 17.1. The average Bonchev–Trinajstić information content (AvgIpc) is 3.27. The van der Waals surface area contributed by atoms with Crippen LogP contribution in [0.2, 0.25) is 0 Å². The maximum atomic E-state index is 12.9. The molecule has 0 aromatic carbocycles. The van der Waals surface area contributed by atoms with Crippen molar-refractivity contribution in [2.75, 3.05) is 19.8 Å². The first-order chi connectivity index (χ1) is 30.2. The van der Waals surface area contributed by atoms with E-state index in [1.165, 1.54) is 83.5 Å². The third-order valence-corrected chi connectivity index (χ3v) is 11.4. The summed E-state index contributed by atoms with van der Waals surface area (Å²) in [4.78, 5) is 24.9. The van der Waals surface area contributed by atoms with E-state index < -0.39 is 49.5 Å². The zero-order valence-corrected chi connectivity index (χ0v) is 39.1. The summed E-state index contributed by atoms with van der Waals surface area (Å²) in [6, 6.07) is -0.853. The standard InChI is InChI=1S/C51H91NO10/c1-3-5-7-9-11-13-18-23-27-31-35-39-47(56)60-40-36-32-28-24-20-17-15-16-19-22-26-30-34-38-46(55)52-43(42-61-51-50(59)49(58)48(57)45(41-53)62-51)44(54)37-33-29-25-21-14-12-10-8-6-4-2/h6,8,14,16,19,21,33,37,43-45,48-51,53-54,57-59H,3-5,7,9-13,15,17-18,20,22-32,34-36,38-42H2,1-2H3,(H,52,55)/b8-6+,19-16-,21-14+,37-33+. The minimum Gasteiger partial charge on any atom is -0.466 e. The number of allylic oxidation sites excluding steroid dienone is 7. The molecular formula is C51H91NO10. The van der Waals surface area contributed by atoms with Gasteiger partial charge in [-0.1, -0.05) is 159 Å². The summed E-state index contributed by atoms with van der Waals surface area (Å²) in [5, 5.41) is 54.0. The third-order valence-electron chi connectivity index (χ3n) is 11.4. The van der Waals surface area contributed by atoms with Gasteiger partial charge in [-0.25, -0.2) is 0 Å². The third kappa shape index (κ3) is 31.5. The summed E-state index contributed by atoms with van der Waals surface area (Å²) in [5.74, 6) is -0.269. The lowest BCUT2D eigenvalue weighted by atomic mass is 9.99. The van der Waals surface area contributed by atoms with E-state index >= 15 is 0 Å². The van der Waals surface area contributed by atoms with E-state index in [0.717, 1.165) is 77.0 Å². The van der Waals surface area contributed by atoms with E-state index in [0.29, 0.717) is 25.9 Å². The molecule has 0 aromatic heterocycles. The molecule has 0 aliphatic carbocycles. The predicted molar refractivity (Wildman–Crippen MR) is 250 cm³/mol.